The number of aromatic amines is 1. The first-order chi connectivity index (χ1) is 7.06. The minimum Gasteiger partial charge on any atom is -0.493 e. The van der Waals surface area contributed by atoms with E-state index in [0.29, 0.717) is 5.69 Å². The first-order valence-electron chi connectivity index (χ1n) is 4.27. The summed E-state index contributed by atoms with van der Waals surface area (Å²) in [6.07, 6.45) is 0. The van der Waals surface area contributed by atoms with Crippen LogP contribution in [0.2, 0.25) is 0 Å². The molecule has 0 aliphatic carbocycles. The molecular formula is C9H8N4O2. The number of hydrogen-bond acceptors (Lipinski definition) is 4. The van der Waals surface area contributed by atoms with Crippen LogP contribution < -0.4 is 5.56 Å². The van der Waals surface area contributed by atoms with Crippen molar-refractivity contribution in [3.8, 4) is 11.9 Å². The van der Waals surface area contributed by atoms with Gasteiger partial charge in [-0.05, 0) is 13.8 Å². The van der Waals surface area contributed by atoms with Crippen molar-refractivity contribution >= 4 is 5.65 Å². The molecule has 0 atom stereocenters. The predicted octanol–water partition coefficient (Wildman–Crippen LogP) is 0.217. The quantitative estimate of drug-likeness (QED) is 0.641. The second kappa shape index (κ2) is 2.85. The maximum atomic E-state index is 11.4. The molecule has 2 heterocycles. The molecule has 0 unspecified atom stereocenters. The lowest BCUT2D eigenvalue weighted by molar-refractivity contribution is 0.429. The Balaban J connectivity index is 3.07. The highest BCUT2D eigenvalue weighted by Crippen LogP contribution is 2.17. The molecule has 0 aliphatic heterocycles. The highest BCUT2D eigenvalue weighted by atomic mass is 16.3. The molecule has 2 N–H and O–H groups in total. The Morgan fingerprint density at radius 2 is 2.20 bits per heavy atom. The molecule has 0 fully saturated rings. The summed E-state index contributed by atoms with van der Waals surface area (Å²) in [6.45, 7) is 3.12. The standard InChI is InChI=1S/C9H8N4O2/c1-4-8(14)11-7-6(3-10)5(2)12-13(7)9(4)15/h15H,1-2H3,(H,11,14). The highest BCUT2D eigenvalue weighted by molar-refractivity contribution is 5.58. The van der Waals surface area contributed by atoms with Crippen molar-refractivity contribution < 1.29 is 5.11 Å². The number of rotatable bonds is 0. The molecular weight excluding hydrogens is 196 g/mol. The van der Waals surface area contributed by atoms with Crippen LogP contribution in [0.5, 0.6) is 5.88 Å². The number of nitrogens with one attached hydrogen (secondary N) is 1. The molecule has 0 spiro atoms. The number of aryl methyl sites for hydroxylation is 1. The van der Waals surface area contributed by atoms with Crippen molar-refractivity contribution in [1.29, 1.82) is 5.26 Å². The van der Waals surface area contributed by atoms with Gasteiger partial charge in [-0.25, -0.2) is 0 Å². The lowest BCUT2D eigenvalue weighted by Gasteiger charge is -1.99. The zero-order valence-corrected chi connectivity index (χ0v) is 8.20. The third-order valence-corrected chi connectivity index (χ3v) is 2.28. The second-order valence-corrected chi connectivity index (χ2v) is 3.24. The Kier molecular flexibility index (Phi) is 1.76. The van der Waals surface area contributed by atoms with Crippen LogP contribution in [-0.4, -0.2) is 19.7 Å². The number of H-pyrrole nitrogens is 1. The third kappa shape index (κ3) is 1.10. The molecule has 0 saturated carbocycles. The van der Waals surface area contributed by atoms with Gasteiger partial charge in [-0.3, -0.25) is 4.79 Å². The average Bonchev–Trinajstić information content (AvgIpc) is 2.51. The van der Waals surface area contributed by atoms with Crippen LogP contribution in [-0.2, 0) is 0 Å². The lowest BCUT2D eigenvalue weighted by Crippen LogP contribution is -2.12. The molecule has 0 aliphatic rings. The number of nitrogens with zero attached hydrogens (tertiary/aromatic N) is 3. The zero-order valence-electron chi connectivity index (χ0n) is 8.20. The summed E-state index contributed by atoms with van der Waals surface area (Å²) in [5.74, 6) is -0.238. The van der Waals surface area contributed by atoms with E-state index in [4.69, 9.17) is 5.26 Å². The Morgan fingerprint density at radius 1 is 1.53 bits per heavy atom. The molecule has 15 heavy (non-hydrogen) atoms. The molecule has 76 valence electrons. The van der Waals surface area contributed by atoms with E-state index in [9.17, 15) is 9.90 Å². The van der Waals surface area contributed by atoms with Gasteiger partial charge in [-0.15, -0.1) is 0 Å². The Labute approximate surface area is 84.4 Å². The van der Waals surface area contributed by atoms with Crippen LogP contribution in [0.25, 0.3) is 5.65 Å². The summed E-state index contributed by atoms with van der Waals surface area (Å²) >= 11 is 0. The summed E-state index contributed by atoms with van der Waals surface area (Å²) in [6, 6.07) is 1.93. The van der Waals surface area contributed by atoms with E-state index in [1.807, 2.05) is 6.07 Å². The molecule has 0 saturated heterocycles. The number of nitriles is 1. The second-order valence-electron chi connectivity index (χ2n) is 3.24. The van der Waals surface area contributed by atoms with E-state index in [1.165, 1.54) is 6.92 Å². The van der Waals surface area contributed by atoms with Gasteiger partial charge in [0.2, 0.25) is 5.88 Å². The number of aromatic hydroxyl groups is 1. The summed E-state index contributed by atoms with van der Waals surface area (Å²) in [7, 11) is 0. The molecule has 2 rings (SSSR count). The molecule has 0 bridgehead atoms. The Bertz CT molecular complexity index is 645. The largest absolute Gasteiger partial charge is 0.493 e. The van der Waals surface area contributed by atoms with Crippen LogP contribution in [0.4, 0.5) is 0 Å². The van der Waals surface area contributed by atoms with Crippen LogP contribution in [0.1, 0.15) is 16.8 Å². The predicted molar refractivity (Wildman–Crippen MR) is 51.7 cm³/mol. The Hall–Kier alpha value is -2.29. The average molecular weight is 204 g/mol. The van der Waals surface area contributed by atoms with Gasteiger partial charge in [-0.1, -0.05) is 0 Å². The molecule has 0 aromatic carbocycles. The molecule has 6 heteroatoms. The van der Waals surface area contributed by atoms with Gasteiger partial charge in [0.05, 0.1) is 11.3 Å². The number of aromatic nitrogens is 3. The monoisotopic (exact) mass is 204 g/mol. The smallest absolute Gasteiger partial charge is 0.257 e. The SMILES string of the molecule is Cc1nn2c(O)c(C)c(=O)[nH]c2c1C#N. The van der Waals surface area contributed by atoms with E-state index in [-0.39, 0.29) is 22.7 Å². The molecule has 2 aromatic heterocycles. The Morgan fingerprint density at radius 3 is 2.80 bits per heavy atom. The minimum absolute atomic E-state index is 0.175. The molecule has 2 aromatic rings. The maximum Gasteiger partial charge on any atom is 0.257 e. The van der Waals surface area contributed by atoms with Gasteiger partial charge >= 0.3 is 0 Å². The van der Waals surface area contributed by atoms with Crippen molar-refractivity contribution in [3.05, 3.63) is 27.2 Å². The number of fused-ring (bicyclic) bond motifs is 1. The molecule has 0 amide bonds. The summed E-state index contributed by atoms with van der Waals surface area (Å²) < 4.78 is 1.16. The first kappa shape index (κ1) is 9.27. The van der Waals surface area contributed by atoms with Crippen molar-refractivity contribution in [2.24, 2.45) is 0 Å². The van der Waals surface area contributed by atoms with Gasteiger partial charge in [0, 0.05) is 0 Å². The van der Waals surface area contributed by atoms with E-state index >= 15 is 0 Å². The van der Waals surface area contributed by atoms with Gasteiger partial charge in [0.15, 0.2) is 5.65 Å². The van der Waals surface area contributed by atoms with E-state index in [2.05, 4.69) is 10.1 Å². The lowest BCUT2D eigenvalue weighted by atomic mass is 10.3. The fourth-order valence-corrected chi connectivity index (χ4v) is 1.39. The topological polar surface area (TPSA) is 94.2 Å². The van der Waals surface area contributed by atoms with Gasteiger partial charge in [-0.2, -0.15) is 14.9 Å². The fourth-order valence-electron chi connectivity index (χ4n) is 1.39. The molecule has 0 radical (unpaired) electrons. The van der Waals surface area contributed by atoms with Crippen molar-refractivity contribution in [3.63, 3.8) is 0 Å². The van der Waals surface area contributed by atoms with E-state index in [1.54, 1.807) is 6.92 Å². The molecule has 6 nitrogen and oxygen atoms in total. The minimum atomic E-state index is -0.420. The fraction of sp³-hybridized carbons (Fsp3) is 0.222. The van der Waals surface area contributed by atoms with Gasteiger partial charge in [0.1, 0.15) is 11.6 Å². The third-order valence-electron chi connectivity index (χ3n) is 2.28. The summed E-state index contributed by atoms with van der Waals surface area (Å²) in [4.78, 5) is 13.9. The normalized spacial score (nSPS) is 10.5. The maximum absolute atomic E-state index is 11.4. The van der Waals surface area contributed by atoms with Gasteiger partial charge in [0.25, 0.3) is 5.56 Å². The van der Waals surface area contributed by atoms with Crippen LogP contribution in [0.15, 0.2) is 4.79 Å². The highest BCUT2D eigenvalue weighted by Gasteiger charge is 2.15. The van der Waals surface area contributed by atoms with E-state index in [0.717, 1.165) is 4.52 Å². The van der Waals surface area contributed by atoms with Crippen molar-refractivity contribution in [2.75, 3.05) is 0 Å². The van der Waals surface area contributed by atoms with Crippen LogP contribution >= 0.6 is 0 Å². The summed E-state index contributed by atoms with van der Waals surface area (Å²) in [5.41, 5.74) is 0.713. The number of hydrogen-bond donors (Lipinski definition) is 2. The van der Waals surface area contributed by atoms with Crippen molar-refractivity contribution in [1.82, 2.24) is 14.6 Å². The van der Waals surface area contributed by atoms with Crippen LogP contribution in [0, 0.1) is 25.2 Å². The van der Waals surface area contributed by atoms with E-state index < -0.39 is 5.56 Å². The van der Waals surface area contributed by atoms with Crippen molar-refractivity contribution in [2.45, 2.75) is 13.8 Å². The zero-order chi connectivity index (χ0) is 11.2. The van der Waals surface area contributed by atoms with Gasteiger partial charge < -0.3 is 10.1 Å². The first-order valence-corrected chi connectivity index (χ1v) is 4.27. The van der Waals surface area contributed by atoms with Crippen LogP contribution in [0.3, 0.4) is 0 Å². The summed E-state index contributed by atoms with van der Waals surface area (Å²) in [5, 5.41) is 22.5.